The summed E-state index contributed by atoms with van der Waals surface area (Å²) in [6.07, 6.45) is 5.18. The molecular formula is C20H25N3O. The third-order valence-corrected chi connectivity index (χ3v) is 6.65. The van der Waals surface area contributed by atoms with Crippen LogP contribution in [0, 0.1) is 24.2 Å². The molecule has 4 atom stereocenters. The minimum Gasteiger partial charge on any atom is -0.351 e. The summed E-state index contributed by atoms with van der Waals surface area (Å²) in [6, 6.07) is 9.54. The number of hydrogen-bond acceptors (Lipinski definition) is 2. The number of benzene rings is 1. The number of rotatable bonds is 2. The van der Waals surface area contributed by atoms with Gasteiger partial charge in [-0.2, -0.15) is 5.26 Å². The molecule has 2 aliphatic carbocycles. The molecule has 2 N–H and O–H groups in total. The number of carbonyl (C=O) groups is 1. The topological polar surface area (TPSA) is 70.1 Å². The molecule has 2 heterocycles. The zero-order valence-electron chi connectivity index (χ0n) is 14.5. The van der Waals surface area contributed by atoms with E-state index in [1.165, 1.54) is 16.7 Å². The Bertz CT molecular complexity index is 723. The highest BCUT2D eigenvalue weighted by atomic mass is 16.2. The SMILES string of the molecule is Cc1ccc(C2(C)CC3CC(C2)N3C(N)=O)c([C@@H]2CC[C@H]2C#N)c1. The van der Waals surface area contributed by atoms with Crippen LogP contribution in [0.5, 0.6) is 0 Å². The fraction of sp³-hybridized carbons (Fsp3) is 0.600. The number of urea groups is 1. The Hall–Kier alpha value is -2.02. The van der Waals surface area contributed by atoms with Gasteiger partial charge in [0.1, 0.15) is 0 Å². The van der Waals surface area contributed by atoms with Gasteiger partial charge in [0, 0.05) is 18.0 Å². The Morgan fingerprint density at radius 2 is 2.04 bits per heavy atom. The van der Waals surface area contributed by atoms with Gasteiger partial charge in [-0.1, -0.05) is 30.7 Å². The van der Waals surface area contributed by atoms with Crippen LogP contribution in [0.1, 0.15) is 61.6 Å². The van der Waals surface area contributed by atoms with Crippen LogP contribution in [-0.2, 0) is 5.41 Å². The maximum atomic E-state index is 11.6. The first kappa shape index (κ1) is 15.5. The monoisotopic (exact) mass is 323 g/mol. The summed E-state index contributed by atoms with van der Waals surface area (Å²) in [4.78, 5) is 13.5. The summed E-state index contributed by atoms with van der Waals surface area (Å²) in [5, 5.41) is 9.39. The molecule has 2 saturated carbocycles. The van der Waals surface area contributed by atoms with Crippen molar-refractivity contribution in [2.75, 3.05) is 0 Å². The Kier molecular flexibility index (Phi) is 3.38. The van der Waals surface area contributed by atoms with E-state index >= 15 is 0 Å². The lowest BCUT2D eigenvalue weighted by molar-refractivity contribution is -0.0212. The molecule has 2 saturated heterocycles. The summed E-state index contributed by atoms with van der Waals surface area (Å²) in [5.41, 5.74) is 9.65. The summed E-state index contributed by atoms with van der Waals surface area (Å²) in [7, 11) is 0. The Morgan fingerprint density at radius 3 is 2.58 bits per heavy atom. The average Bonchev–Trinajstić information content (AvgIpc) is 2.45. The number of hydrogen-bond donors (Lipinski definition) is 1. The van der Waals surface area contributed by atoms with E-state index < -0.39 is 0 Å². The lowest BCUT2D eigenvalue weighted by Gasteiger charge is -2.59. The van der Waals surface area contributed by atoms with Gasteiger partial charge in [-0.3, -0.25) is 0 Å². The second kappa shape index (κ2) is 5.24. The number of primary amides is 1. The Morgan fingerprint density at radius 1 is 1.33 bits per heavy atom. The summed E-state index contributed by atoms with van der Waals surface area (Å²) in [5.74, 6) is 0.543. The van der Waals surface area contributed by atoms with Crippen molar-refractivity contribution in [3.05, 3.63) is 34.9 Å². The molecule has 0 spiro atoms. The number of fused-ring (bicyclic) bond motifs is 2. The van der Waals surface area contributed by atoms with Crippen LogP contribution in [0.3, 0.4) is 0 Å². The third-order valence-electron chi connectivity index (χ3n) is 6.65. The van der Waals surface area contributed by atoms with E-state index in [1.54, 1.807) is 0 Å². The minimum atomic E-state index is -0.272. The van der Waals surface area contributed by atoms with E-state index in [9.17, 15) is 10.1 Å². The fourth-order valence-corrected chi connectivity index (χ4v) is 5.33. The van der Waals surface area contributed by atoms with E-state index in [0.717, 1.165) is 32.1 Å². The molecule has 2 aliphatic heterocycles. The first-order chi connectivity index (χ1) is 11.4. The van der Waals surface area contributed by atoms with Gasteiger partial charge in [0.2, 0.25) is 0 Å². The molecule has 2 unspecified atom stereocenters. The molecule has 0 radical (unpaired) electrons. The van der Waals surface area contributed by atoms with Crippen molar-refractivity contribution >= 4 is 6.03 Å². The first-order valence-corrected chi connectivity index (χ1v) is 9.01. The second-order valence-corrected chi connectivity index (χ2v) is 8.27. The van der Waals surface area contributed by atoms with Crippen molar-refractivity contribution < 1.29 is 4.79 Å². The van der Waals surface area contributed by atoms with Crippen LogP contribution in [0.2, 0.25) is 0 Å². The maximum absolute atomic E-state index is 11.6. The number of amides is 2. The number of nitriles is 1. The van der Waals surface area contributed by atoms with Crippen LogP contribution in [-0.4, -0.2) is 23.0 Å². The van der Waals surface area contributed by atoms with Crippen molar-refractivity contribution in [3.8, 4) is 6.07 Å². The van der Waals surface area contributed by atoms with Gasteiger partial charge in [-0.05, 0) is 55.6 Å². The fourth-order valence-electron chi connectivity index (χ4n) is 5.33. The van der Waals surface area contributed by atoms with Crippen LogP contribution >= 0.6 is 0 Å². The van der Waals surface area contributed by atoms with Gasteiger partial charge in [0.05, 0.1) is 12.0 Å². The highest BCUT2D eigenvalue weighted by Crippen LogP contribution is 2.53. The molecule has 4 nitrogen and oxygen atoms in total. The largest absolute Gasteiger partial charge is 0.351 e. The van der Waals surface area contributed by atoms with Crippen molar-refractivity contribution in [1.82, 2.24) is 4.90 Å². The summed E-state index contributed by atoms with van der Waals surface area (Å²) >= 11 is 0. The highest BCUT2D eigenvalue weighted by Gasteiger charge is 2.53. The highest BCUT2D eigenvalue weighted by molar-refractivity contribution is 5.74. The van der Waals surface area contributed by atoms with Crippen LogP contribution in [0.15, 0.2) is 18.2 Å². The molecule has 24 heavy (non-hydrogen) atoms. The van der Waals surface area contributed by atoms with Crippen LogP contribution in [0.25, 0.3) is 0 Å². The van der Waals surface area contributed by atoms with E-state index in [-0.39, 0.29) is 29.4 Å². The summed E-state index contributed by atoms with van der Waals surface area (Å²) in [6.45, 7) is 4.46. The van der Waals surface area contributed by atoms with E-state index in [1.807, 2.05) is 4.90 Å². The van der Waals surface area contributed by atoms with E-state index in [4.69, 9.17) is 5.73 Å². The maximum Gasteiger partial charge on any atom is 0.315 e. The van der Waals surface area contributed by atoms with Gasteiger partial charge in [-0.15, -0.1) is 0 Å². The first-order valence-electron chi connectivity index (χ1n) is 9.01. The number of nitrogens with two attached hydrogens (primary N) is 1. The third kappa shape index (κ3) is 2.14. The molecule has 5 rings (SSSR count). The van der Waals surface area contributed by atoms with Crippen molar-refractivity contribution in [3.63, 3.8) is 0 Å². The minimum absolute atomic E-state index is 0.0815. The quantitative estimate of drug-likeness (QED) is 0.903. The molecule has 1 aromatic rings. The lowest BCUT2D eigenvalue weighted by atomic mass is 9.59. The summed E-state index contributed by atoms with van der Waals surface area (Å²) < 4.78 is 0. The molecular weight excluding hydrogens is 298 g/mol. The molecule has 4 heteroatoms. The van der Waals surface area contributed by atoms with E-state index in [0.29, 0.717) is 5.92 Å². The lowest BCUT2D eigenvalue weighted by Crippen LogP contribution is -2.67. The molecule has 1 aromatic carbocycles. The molecule has 0 aromatic heterocycles. The van der Waals surface area contributed by atoms with Crippen LogP contribution in [0.4, 0.5) is 4.79 Å². The number of aryl methyl sites for hydroxylation is 1. The average molecular weight is 323 g/mol. The van der Waals surface area contributed by atoms with Gasteiger partial charge >= 0.3 is 6.03 Å². The van der Waals surface area contributed by atoms with E-state index in [2.05, 4.69) is 38.1 Å². The zero-order valence-corrected chi connectivity index (χ0v) is 14.5. The second-order valence-electron chi connectivity index (χ2n) is 8.27. The predicted molar refractivity (Wildman–Crippen MR) is 92.5 cm³/mol. The van der Waals surface area contributed by atoms with Crippen molar-refractivity contribution in [2.24, 2.45) is 11.7 Å². The van der Waals surface area contributed by atoms with Gasteiger partial charge in [-0.25, -0.2) is 4.79 Å². The molecule has 4 fully saturated rings. The molecule has 4 aliphatic rings. The van der Waals surface area contributed by atoms with Gasteiger partial charge < -0.3 is 10.6 Å². The Labute approximate surface area is 143 Å². The van der Waals surface area contributed by atoms with Crippen molar-refractivity contribution in [1.29, 1.82) is 5.26 Å². The number of carbonyl (C=O) groups excluding carboxylic acids is 1. The van der Waals surface area contributed by atoms with Crippen molar-refractivity contribution in [2.45, 2.75) is 69.4 Å². The number of nitrogens with zero attached hydrogens (tertiary/aromatic N) is 2. The zero-order chi connectivity index (χ0) is 17.1. The van der Waals surface area contributed by atoms with Crippen LogP contribution < -0.4 is 5.73 Å². The molecule has 2 amide bonds. The number of piperidine rings is 1. The molecule has 2 bridgehead atoms. The van der Waals surface area contributed by atoms with Gasteiger partial charge in [0.15, 0.2) is 0 Å². The normalized spacial score (nSPS) is 37.1. The standard InChI is InChI=1S/C20H25N3O/c1-12-3-6-18(17(7-12)16-5-4-13(16)11-21)20(2)9-14-8-15(10-20)23(14)19(22)24/h3,6-7,13-16H,4-5,8-10H2,1-2H3,(H2,22,24)/t13-,14?,15?,16+,20?/m0/s1. The predicted octanol–water partition coefficient (Wildman–Crippen LogP) is 3.59. The smallest absolute Gasteiger partial charge is 0.315 e. The molecule has 126 valence electrons. The Balaban J connectivity index is 1.68. The van der Waals surface area contributed by atoms with Gasteiger partial charge in [0.25, 0.3) is 0 Å².